The lowest BCUT2D eigenvalue weighted by molar-refractivity contribution is -0.384. The van der Waals surface area contributed by atoms with Crippen LogP contribution in [0.1, 0.15) is 15.9 Å². The molecule has 7 nitrogen and oxygen atoms in total. The topological polar surface area (TPSA) is 98.9 Å². The van der Waals surface area contributed by atoms with Crippen molar-refractivity contribution in [3.63, 3.8) is 0 Å². The van der Waals surface area contributed by atoms with E-state index in [1.54, 1.807) is 12.1 Å². The molecular weight excluding hydrogens is 314 g/mol. The number of methoxy groups -OCH3 is 2. The van der Waals surface area contributed by atoms with Gasteiger partial charge in [-0.25, -0.2) is 0 Å². The van der Waals surface area contributed by atoms with Gasteiger partial charge in [-0.3, -0.25) is 14.9 Å². The van der Waals surface area contributed by atoms with Crippen LogP contribution >= 0.6 is 0 Å². The minimum atomic E-state index is -0.529. The molecule has 2 aromatic rings. The van der Waals surface area contributed by atoms with Crippen molar-refractivity contribution < 1.29 is 24.3 Å². The summed E-state index contributed by atoms with van der Waals surface area (Å²) in [5.74, 6) is 0.00308. The van der Waals surface area contributed by atoms with Gasteiger partial charge in [-0.2, -0.15) is 0 Å². The highest BCUT2D eigenvalue weighted by atomic mass is 16.6. The van der Waals surface area contributed by atoms with Crippen LogP contribution in [-0.2, 0) is 0 Å². The van der Waals surface area contributed by atoms with E-state index < -0.39 is 4.92 Å². The maximum absolute atomic E-state index is 12.1. The lowest BCUT2D eigenvalue weighted by atomic mass is 10.1. The summed E-state index contributed by atoms with van der Waals surface area (Å²) >= 11 is 0. The van der Waals surface area contributed by atoms with Gasteiger partial charge in [-0.15, -0.1) is 0 Å². The Hall–Kier alpha value is -3.35. The Morgan fingerprint density at radius 2 is 1.67 bits per heavy atom. The fourth-order valence-corrected chi connectivity index (χ4v) is 2.03. The number of nitro groups is 1. The van der Waals surface area contributed by atoms with Gasteiger partial charge in [0, 0.05) is 17.7 Å². The maximum atomic E-state index is 12.1. The van der Waals surface area contributed by atoms with Gasteiger partial charge in [0.2, 0.25) is 5.75 Å². The van der Waals surface area contributed by atoms with Crippen molar-refractivity contribution in [3.8, 4) is 17.2 Å². The summed E-state index contributed by atoms with van der Waals surface area (Å²) in [7, 11) is 2.81. The summed E-state index contributed by atoms with van der Waals surface area (Å²) in [6, 6.07) is 8.43. The quantitative estimate of drug-likeness (QED) is 0.378. The Labute approximate surface area is 137 Å². The Morgan fingerprint density at radius 3 is 2.12 bits per heavy atom. The lowest BCUT2D eigenvalue weighted by Gasteiger charge is -2.09. The van der Waals surface area contributed by atoms with Crippen LogP contribution in [0.3, 0.4) is 0 Å². The van der Waals surface area contributed by atoms with E-state index in [1.165, 1.54) is 50.6 Å². The zero-order chi connectivity index (χ0) is 17.7. The molecule has 0 bridgehead atoms. The first-order valence-electron chi connectivity index (χ1n) is 6.88. The number of allylic oxidation sites excluding steroid dienone is 1. The van der Waals surface area contributed by atoms with E-state index in [-0.39, 0.29) is 28.7 Å². The summed E-state index contributed by atoms with van der Waals surface area (Å²) < 4.78 is 10.1. The van der Waals surface area contributed by atoms with Crippen LogP contribution in [0.15, 0.2) is 42.5 Å². The first-order chi connectivity index (χ1) is 11.5. The van der Waals surface area contributed by atoms with E-state index >= 15 is 0 Å². The Bertz CT molecular complexity index is 770. The van der Waals surface area contributed by atoms with E-state index in [0.29, 0.717) is 11.1 Å². The average molecular weight is 329 g/mol. The highest BCUT2D eigenvalue weighted by Crippen LogP contribution is 2.37. The van der Waals surface area contributed by atoms with Crippen LogP contribution in [0.5, 0.6) is 17.2 Å². The largest absolute Gasteiger partial charge is 0.502 e. The Morgan fingerprint density at radius 1 is 1.12 bits per heavy atom. The molecule has 0 heterocycles. The predicted molar refractivity (Wildman–Crippen MR) is 87.7 cm³/mol. The monoisotopic (exact) mass is 329 g/mol. The molecule has 0 aromatic heterocycles. The average Bonchev–Trinajstić information content (AvgIpc) is 2.60. The normalized spacial score (nSPS) is 10.6. The van der Waals surface area contributed by atoms with Crippen LogP contribution in [0.25, 0.3) is 6.08 Å². The molecule has 0 fully saturated rings. The number of phenols is 1. The molecule has 2 aromatic carbocycles. The Kier molecular flexibility index (Phi) is 5.16. The van der Waals surface area contributed by atoms with Gasteiger partial charge in [0.25, 0.3) is 5.69 Å². The molecule has 0 amide bonds. The fraction of sp³-hybridized carbons (Fsp3) is 0.118. The summed E-state index contributed by atoms with van der Waals surface area (Å²) in [6.45, 7) is 0. The van der Waals surface area contributed by atoms with Crippen molar-refractivity contribution in [3.05, 3.63) is 63.7 Å². The molecule has 0 spiro atoms. The lowest BCUT2D eigenvalue weighted by Crippen LogP contribution is -1.95. The number of ether oxygens (including phenoxy) is 2. The number of carbonyl (C=O) groups excluding carboxylic acids is 1. The van der Waals surface area contributed by atoms with Crippen LogP contribution in [0, 0.1) is 10.1 Å². The summed E-state index contributed by atoms with van der Waals surface area (Å²) in [4.78, 5) is 22.2. The number of hydrogen-bond donors (Lipinski definition) is 1. The van der Waals surface area contributed by atoms with E-state index in [0.717, 1.165) is 0 Å². The fourth-order valence-electron chi connectivity index (χ4n) is 2.03. The third-order valence-corrected chi connectivity index (χ3v) is 3.29. The smallest absolute Gasteiger partial charge is 0.269 e. The van der Waals surface area contributed by atoms with Gasteiger partial charge in [-0.1, -0.05) is 6.08 Å². The molecule has 0 atom stereocenters. The van der Waals surface area contributed by atoms with Gasteiger partial charge < -0.3 is 14.6 Å². The first-order valence-corrected chi connectivity index (χ1v) is 6.88. The number of nitro benzene ring substituents is 1. The van der Waals surface area contributed by atoms with Crippen LogP contribution in [0.2, 0.25) is 0 Å². The molecule has 0 saturated carbocycles. The minimum Gasteiger partial charge on any atom is -0.502 e. The van der Waals surface area contributed by atoms with Gasteiger partial charge in [-0.05, 0) is 35.9 Å². The van der Waals surface area contributed by atoms with Crippen LogP contribution in [-0.4, -0.2) is 30.0 Å². The first kappa shape index (κ1) is 17.0. The molecule has 124 valence electrons. The third-order valence-electron chi connectivity index (χ3n) is 3.29. The number of non-ortho nitro benzene ring substituents is 1. The van der Waals surface area contributed by atoms with Gasteiger partial charge in [0.1, 0.15) is 0 Å². The van der Waals surface area contributed by atoms with Crippen molar-refractivity contribution in [1.29, 1.82) is 0 Å². The standard InChI is InChI=1S/C17H15NO6/c1-23-15-9-11(10-16(24-2)17(15)20)3-8-14(19)12-4-6-13(7-5-12)18(21)22/h3-10,20H,1-2H3/b8-3+. The van der Waals surface area contributed by atoms with E-state index in [2.05, 4.69) is 0 Å². The molecule has 0 aliphatic rings. The van der Waals surface area contributed by atoms with Gasteiger partial charge in [0.15, 0.2) is 17.3 Å². The van der Waals surface area contributed by atoms with E-state index in [9.17, 15) is 20.0 Å². The van der Waals surface area contributed by atoms with E-state index in [1.807, 2.05) is 0 Å². The minimum absolute atomic E-state index is 0.0801. The number of nitrogens with zero attached hydrogens (tertiary/aromatic N) is 1. The Balaban J connectivity index is 2.23. The maximum Gasteiger partial charge on any atom is 0.269 e. The number of rotatable bonds is 6. The summed E-state index contributed by atoms with van der Waals surface area (Å²) in [6.07, 6.45) is 2.86. The second kappa shape index (κ2) is 7.28. The molecule has 24 heavy (non-hydrogen) atoms. The van der Waals surface area contributed by atoms with Crippen molar-refractivity contribution in [2.45, 2.75) is 0 Å². The summed E-state index contributed by atoms with van der Waals surface area (Å²) in [5.41, 5.74) is 0.842. The zero-order valence-corrected chi connectivity index (χ0v) is 13.1. The predicted octanol–water partition coefficient (Wildman–Crippen LogP) is 3.21. The number of carbonyl (C=O) groups is 1. The summed E-state index contributed by atoms with van der Waals surface area (Å²) in [5, 5.41) is 20.4. The molecule has 0 unspecified atom stereocenters. The SMILES string of the molecule is COc1cc(/C=C/C(=O)c2ccc([N+](=O)[O-])cc2)cc(OC)c1O. The van der Waals surface area contributed by atoms with Crippen LogP contribution < -0.4 is 9.47 Å². The molecule has 7 heteroatoms. The van der Waals surface area contributed by atoms with Crippen molar-refractivity contribution in [2.24, 2.45) is 0 Å². The second-order valence-electron chi connectivity index (χ2n) is 4.78. The van der Waals surface area contributed by atoms with Crippen molar-refractivity contribution in [2.75, 3.05) is 14.2 Å². The molecule has 2 rings (SSSR count). The number of phenolic OH excluding ortho intramolecular Hbond substituents is 1. The van der Waals surface area contributed by atoms with E-state index in [4.69, 9.17) is 9.47 Å². The number of ketones is 1. The number of hydrogen-bond acceptors (Lipinski definition) is 6. The zero-order valence-electron chi connectivity index (χ0n) is 13.1. The van der Waals surface area contributed by atoms with Gasteiger partial charge in [0.05, 0.1) is 19.1 Å². The number of benzene rings is 2. The highest BCUT2D eigenvalue weighted by Gasteiger charge is 2.11. The molecule has 0 radical (unpaired) electrons. The molecule has 0 saturated heterocycles. The second-order valence-corrected chi connectivity index (χ2v) is 4.78. The molecule has 0 aliphatic carbocycles. The number of aromatic hydroxyl groups is 1. The van der Waals surface area contributed by atoms with Crippen molar-refractivity contribution in [1.82, 2.24) is 0 Å². The highest BCUT2D eigenvalue weighted by molar-refractivity contribution is 6.06. The molecule has 0 aliphatic heterocycles. The molecular formula is C17H15NO6. The van der Waals surface area contributed by atoms with Gasteiger partial charge >= 0.3 is 0 Å². The molecule has 1 N–H and O–H groups in total. The van der Waals surface area contributed by atoms with Crippen molar-refractivity contribution >= 4 is 17.5 Å². The van der Waals surface area contributed by atoms with Crippen LogP contribution in [0.4, 0.5) is 5.69 Å². The third kappa shape index (κ3) is 3.70.